The van der Waals surface area contributed by atoms with E-state index in [0.717, 1.165) is 252 Å². The maximum atomic E-state index is 14.7. The van der Waals surface area contributed by atoms with Crippen molar-refractivity contribution in [2.45, 2.75) is 0 Å². The van der Waals surface area contributed by atoms with E-state index < -0.39 is 7.14 Å². The molecule has 13 heteroatoms. The molecule has 0 saturated carbocycles. The van der Waals surface area contributed by atoms with Gasteiger partial charge in [-0.25, -0.2) is 0 Å². The second-order valence-corrected chi connectivity index (χ2v) is 41.2. The Morgan fingerprint density at radius 1 is 0.166 bits per heavy atom. The van der Waals surface area contributed by atoms with Crippen LogP contribution in [-0.2, 0) is 4.57 Å². The van der Waals surface area contributed by atoms with Crippen molar-refractivity contribution in [1.82, 2.24) is 4.57 Å². The molecule has 11 nitrogen and oxygen atoms in total. The van der Waals surface area contributed by atoms with Gasteiger partial charge in [0.1, 0.15) is 100 Å². The Kier molecular flexibility index (Phi) is 18.4. The van der Waals surface area contributed by atoms with Crippen LogP contribution in [0.4, 0.5) is 0 Å². The van der Waals surface area contributed by atoms with Crippen LogP contribution in [0, 0.1) is 0 Å². The maximum absolute atomic E-state index is 14.7. The highest BCUT2D eigenvalue weighted by Crippen LogP contribution is 2.49. The first-order chi connectivity index (χ1) is 71.6. The molecule has 0 radical (unpaired) electrons. The molecule has 0 bridgehead atoms. The number of para-hydroxylation sites is 8. The molecule has 33 rings (SSSR count). The molecule has 0 amide bonds. The Morgan fingerprint density at radius 3 is 0.897 bits per heavy atom. The van der Waals surface area contributed by atoms with Gasteiger partial charge in [-0.15, -0.1) is 11.3 Å². The number of benzene rings is 22. The molecule has 680 valence electrons. The van der Waals surface area contributed by atoms with Crippen LogP contribution in [0.2, 0.25) is 0 Å². The summed E-state index contributed by atoms with van der Waals surface area (Å²) in [6.07, 6.45) is 0. The van der Waals surface area contributed by atoms with Gasteiger partial charge in [-0.1, -0.05) is 285 Å². The number of aromatic nitrogens is 1. The van der Waals surface area contributed by atoms with Crippen LogP contribution >= 0.6 is 18.5 Å². The minimum Gasteiger partial charge on any atom is -0.456 e. The highest BCUT2D eigenvalue weighted by Gasteiger charge is 2.31. The van der Waals surface area contributed by atoms with Crippen molar-refractivity contribution < 1.29 is 44.3 Å². The Balaban J connectivity index is 0.0000000901. The van der Waals surface area contributed by atoms with Crippen molar-refractivity contribution in [3.8, 4) is 50.2 Å². The van der Waals surface area contributed by atoms with E-state index in [9.17, 15) is 4.57 Å². The summed E-state index contributed by atoms with van der Waals surface area (Å²) in [6.45, 7) is 0. The fourth-order valence-corrected chi connectivity index (χ4v) is 25.9. The van der Waals surface area contributed by atoms with E-state index in [2.05, 4.69) is 284 Å². The molecule has 0 N–H and O–H groups in total. The van der Waals surface area contributed by atoms with Gasteiger partial charge < -0.3 is 48.9 Å². The minimum absolute atomic E-state index is 0.806. The van der Waals surface area contributed by atoms with E-state index in [4.69, 9.17) is 39.8 Å². The van der Waals surface area contributed by atoms with Crippen molar-refractivity contribution >= 4 is 274 Å². The van der Waals surface area contributed by atoms with Gasteiger partial charge in [-0.05, 0) is 191 Å². The first-order valence-electron chi connectivity index (χ1n) is 48.5. The maximum Gasteiger partial charge on any atom is 0.171 e. The lowest BCUT2D eigenvalue weighted by molar-refractivity contribution is 0.592. The van der Waals surface area contributed by atoms with Crippen LogP contribution < -0.4 is 15.9 Å². The summed E-state index contributed by atoms with van der Waals surface area (Å²) >= 11 is 1.85. The lowest BCUT2D eigenvalue weighted by atomic mass is 10.00. The van der Waals surface area contributed by atoms with Gasteiger partial charge in [0.05, 0.1) is 11.0 Å². The summed E-state index contributed by atoms with van der Waals surface area (Å²) in [7, 11) is -3.01. The third-order valence-corrected chi connectivity index (χ3v) is 33.4. The normalized spacial score (nSPS) is 12.2. The molecule has 0 aliphatic rings. The zero-order chi connectivity index (χ0) is 95.2. The van der Waals surface area contributed by atoms with Crippen LogP contribution in [0.3, 0.4) is 0 Å². The van der Waals surface area contributed by atoms with E-state index in [-0.39, 0.29) is 0 Å². The smallest absolute Gasteiger partial charge is 0.171 e. The molecule has 0 spiro atoms. The van der Waals surface area contributed by atoms with Crippen molar-refractivity contribution in [2.24, 2.45) is 0 Å². The summed E-state index contributed by atoms with van der Waals surface area (Å²) < 4.78 is 75.2. The molecule has 0 aliphatic heterocycles. The molecule has 22 aromatic carbocycles. The summed E-state index contributed by atoms with van der Waals surface area (Å²) in [6, 6.07) is 159. The molecule has 11 heterocycles. The van der Waals surface area contributed by atoms with Gasteiger partial charge >= 0.3 is 0 Å². The molecule has 11 aromatic heterocycles. The zero-order valence-electron chi connectivity index (χ0n) is 77.3. The van der Waals surface area contributed by atoms with Crippen LogP contribution in [0.5, 0.6) is 0 Å². The number of hydrogen-bond acceptors (Lipinski definition) is 11. The molecule has 0 atom stereocenters. The van der Waals surface area contributed by atoms with Gasteiger partial charge in [-0.3, -0.25) is 0 Å². The summed E-state index contributed by atoms with van der Waals surface area (Å²) in [5.41, 5.74) is 28.2. The van der Waals surface area contributed by atoms with Crippen molar-refractivity contribution in [1.29, 1.82) is 0 Å². The number of furan rings is 9. The Morgan fingerprint density at radius 2 is 0.448 bits per heavy atom. The molecule has 0 aliphatic carbocycles. The van der Waals surface area contributed by atoms with Crippen molar-refractivity contribution in [2.75, 3.05) is 0 Å². The Bertz CT molecular complexity index is 10900. The third-order valence-electron chi connectivity index (χ3n) is 29.1. The van der Waals surface area contributed by atoms with E-state index in [1.54, 1.807) is 0 Å². The van der Waals surface area contributed by atoms with Crippen molar-refractivity contribution in [3.05, 3.63) is 461 Å². The second kappa shape index (κ2) is 32.4. The SMILES string of the molecule is O=P(c1ccccc1)(c1ccccc1)c1ccc(-c2ccc3oc4cc5oc6ccccc6c5cc4c3c2)cc1.c1ccc(-n2c3ccccc3c3cc(-c4cccc5c4oc4cc6oc7ccccc7c6cc45)ccc32)cc1.c1ccc2c(c1)oc1cc3oc4ccc(-c5ccc6sc7ccccc7c6c5)cc4c3cc12.c1ccc2c(c1)oc1ccc(-c3ccc4oc5cc6oc7ccccc7c6cc5c4c3)cc12. The molecule has 0 unspecified atom stereocenters. The lowest BCUT2D eigenvalue weighted by Crippen LogP contribution is -2.24. The Hall–Kier alpha value is -18.7. The number of hydrogen-bond donors (Lipinski definition) is 0. The average Bonchev–Trinajstić information content (AvgIpc) is 1.57. The fourth-order valence-electron chi connectivity index (χ4n) is 22.2. The highest BCUT2D eigenvalue weighted by molar-refractivity contribution is 7.85. The lowest BCUT2D eigenvalue weighted by Gasteiger charge is -2.20. The fraction of sp³-hybridized carbons (Fsp3) is 0. The summed E-state index contributed by atoms with van der Waals surface area (Å²) in [5.74, 6) is 0. The molecule has 0 saturated heterocycles. The first-order valence-corrected chi connectivity index (χ1v) is 51.0. The monoisotopic (exact) mass is 1900 g/mol. The van der Waals surface area contributed by atoms with Gasteiger partial charge in [0, 0.05) is 179 Å². The van der Waals surface area contributed by atoms with Gasteiger partial charge in [0.2, 0.25) is 0 Å². The van der Waals surface area contributed by atoms with E-state index in [1.807, 2.05) is 193 Å². The number of nitrogens with zero attached hydrogens (tertiary/aromatic N) is 1. The number of thiophene rings is 1. The zero-order valence-corrected chi connectivity index (χ0v) is 79.0. The predicted molar refractivity (Wildman–Crippen MR) is 600 cm³/mol. The van der Waals surface area contributed by atoms with E-state index in [1.165, 1.54) is 53.1 Å². The molecule has 0 fully saturated rings. The van der Waals surface area contributed by atoms with E-state index in [0.29, 0.717) is 0 Å². The van der Waals surface area contributed by atoms with E-state index >= 15 is 0 Å². The highest BCUT2D eigenvalue weighted by atomic mass is 32.1. The number of fused-ring (bicyclic) bond motifs is 33. The molecular formula is C132H76NO10PS. The van der Waals surface area contributed by atoms with Crippen LogP contribution in [0.1, 0.15) is 0 Å². The first kappa shape index (κ1) is 82.2. The summed E-state index contributed by atoms with van der Waals surface area (Å²) in [4.78, 5) is 0. The summed E-state index contributed by atoms with van der Waals surface area (Å²) in [5, 5.41) is 27.5. The number of rotatable bonds is 8. The molecule has 33 aromatic rings. The van der Waals surface area contributed by atoms with Crippen LogP contribution in [-0.4, -0.2) is 4.57 Å². The minimum atomic E-state index is -3.01. The quantitative estimate of drug-likeness (QED) is 0.135. The van der Waals surface area contributed by atoms with Crippen LogP contribution in [0.15, 0.2) is 501 Å². The van der Waals surface area contributed by atoms with Gasteiger partial charge in [0.25, 0.3) is 0 Å². The predicted octanol–water partition coefficient (Wildman–Crippen LogP) is 37.6. The standard InChI is InChI=1S/C36H21NO2.C36H23O3P.C30H16O3.C30H16O2S/c1-2-9-23(10-3-1)37-31-15-6-4-11-25(31)28-19-22(17-18-32(28)37)24-13-8-14-27-30-20-29-26-12-5-7-16-33(26)38-34(29)21-35(30)39-36(24)27;37-40(26-9-3-1-4-10-26,27-11-5-2-6-12-27)28-18-15-24(16-19-28)25-17-20-34-30(21-25)32-22-31-29-13-7-8-14-33(29)38-35(31)23-36(32)39-34;1-3-7-25-19(5-1)21-13-17(9-11-27(21)31-25)18-10-12-28-22(14-18)24-15-23-20-6-2-4-8-26(20)32-29(23)16-30(24)33-28;1-3-7-25-19(5-1)22-15-23-21-13-17(9-11-26(21)32-28(23)16-27(22)31-25)18-10-12-30-24(14-18)20-6-2-4-8-29(20)33-30/h1-21H;1-23H;2*1-16H. The Labute approximate surface area is 828 Å². The second-order valence-electron chi connectivity index (χ2n) is 37.4. The molecule has 145 heavy (non-hydrogen) atoms. The van der Waals surface area contributed by atoms with Crippen LogP contribution in [0.25, 0.3) is 290 Å². The van der Waals surface area contributed by atoms with Crippen molar-refractivity contribution in [3.63, 3.8) is 0 Å². The topological polar surface area (TPSA) is 140 Å². The van der Waals surface area contributed by atoms with Gasteiger partial charge in [0.15, 0.2) is 7.14 Å². The van der Waals surface area contributed by atoms with Gasteiger partial charge in [-0.2, -0.15) is 0 Å². The third kappa shape index (κ3) is 13.3. The average molecular weight is 1900 g/mol. The largest absolute Gasteiger partial charge is 0.456 e. The molecular weight excluding hydrogens is 1820 g/mol.